The number of carbonyl (C=O) groups excluding carboxylic acids is 1. The molecular formula is C17H34N2O4. The zero-order valence-corrected chi connectivity index (χ0v) is 14.6. The summed E-state index contributed by atoms with van der Waals surface area (Å²) in [4.78, 5) is 24.0. The number of aliphatic carboxylic acids is 1. The zero-order valence-electron chi connectivity index (χ0n) is 14.6. The Morgan fingerprint density at radius 1 is 0.957 bits per heavy atom. The first-order valence-corrected chi connectivity index (χ1v) is 8.91. The van der Waals surface area contributed by atoms with Gasteiger partial charge in [-0.05, 0) is 6.42 Å². The zero-order chi connectivity index (χ0) is 17.3. The van der Waals surface area contributed by atoms with Crippen molar-refractivity contribution in [3.05, 3.63) is 0 Å². The summed E-state index contributed by atoms with van der Waals surface area (Å²) in [6, 6.07) is 0. The van der Waals surface area contributed by atoms with E-state index in [-0.39, 0.29) is 19.1 Å². The summed E-state index contributed by atoms with van der Waals surface area (Å²) >= 11 is 0. The second-order valence-electron chi connectivity index (χ2n) is 5.97. The maximum atomic E-state index is 11.7. The average molecular weight is 330 g/mol. The number of nitrogens with one attached hydrogen (secondary N) is 1. The van der Waals surface area contributed by atoms with Crippen molar-refractivity contribution in [3.63, 3.8) is 0 Å². The number of hydrogen-bond acceptors (Lipinski definition) is 4. The van der Waals surface area contributed by atoms with Gasteiger partial charge in [0.25, 0.3) is 0 Å². The lowest BCUT2D eigenvalue weighted by molar-refractivity contribution is -0.138. The number of unbranched alkanes of at least 4 members (excludes halogenated alkanes) is 7. The molecule has 0 saturated carbocycles. The lowest BCUT2D eigenvalue weighted by Crippen LogP contribution is -2.39. The van der Waals surface area contributed by atoms with E-state index >= 15 is 0 Å². The first kappa shape index (κ1) is 21.9. The van der Waals surface area contributed by atoms with Gasteiger partial charge in [-0.2, -0.15) is 0 Å². The largest absolute Gasteiger partial charge is 0.480 e. The second-order valence-corrected chi connectivity index (χ2v) is 5.97. The lowest BCUT2D eigenvalue weighted by Gasteiger charge is -2.19. The minimum absolute atomic E-state index is 0.0234. The number of aliphatic hydroxyl groups is 1. The van der Waals surface area contributed by atoms with Crippen LogP contribution in [0.5, 0.6) is 0 Å². The van der Waals surface area contributed by atoms with Gasteiger partial charge >= 0.3 is 5.97 Å². The van der Waals surface area contributed by atoms with Crippen molar-refractivity contribution >= 4 is 11.9 Å². The molecule has 0 heterocycles. The van der Waals surface area contributed by atoms with Gasteiger partial charge in [-0.1, -0.05) is 51.9 Å². The molecule has 0 bridgehead atoms. The predicted molar refractivity (Wildman–Crippen MR) is 91.4 cm³/mol. The van der Waals surface area contributed by atoms with E-state index in [1.165, 1.54) is 38.5 Å². The van der Waals surface area contributed by atoms with Gasteiger partial charge in [-0.25, -0.2) is 0 Å². The van der Waals surface area contributed by atoms with Crippen LogP contribution in [-0.2, 0) is 9.59 Å². The first-order valence-electron chi connectivity index (χ1n) is 8.91. The second kappa shape index (κ2) is 15.7. The summed E-state index contributed by atoms with van der Waals surface area (Å²) < 4.78 is 0. The molecule has 0 unspecified atom stereocenters. The molecule has 1 amide bonds. The third-order valence-corrected chi connectivity index (χ3v) is 3.78. The highest BCUT2D eigenvalue weighted by Gasteiger charge is 2.09. The van der Waals surface area contributed by atoms with E-state index in [0.717, 1.165) is 12.8 Å². The summed E-state index contributed by atoms with van der Waals surface area (Å²) in [5.74, 6) is -0.904. The fraction of sp³-hybridized carbons (Fsp3) is 0.882. The van der Waals surface area contributed by atoms with Gasteiger partial charge in [-0.15, -0.1) is 0 Å². The molecule has 0 aromatic heterocycles. The van der Waals surface area contributed by atoms with Gasteiger partial charge in [-0.3, -0.25) is 14.5 Å². The smallest absolute Gasteiger partial charge is 0.317 e. The van der Waals surface area contributed by atoms with Gasteiger partial charge in [0.2, 0.25) is 5.91 Å². The summed E-state index contributed by atoms with van der Waals surface area (Å²) in [6.07, 6.45) is 10.2. The summed E-state index contributed by atoms with van der Waals surface area (Å²) in [5, 5.41) is 20.4. The number of carboxylic acids is 1. The quantitative estimate of drug-likeness (QED) is 0.377. The monoisotopic (exact) mass is 330 g/mol. The maximum absolute atomic E-state index is 11.7. The van der Waals surface area contributed by atoms with E-state index < -0.39 is 5.97 Å². The Bertz CT molecular complexity index is 311. The van der Waals surface area contributed by atoms with Crippen LogP contribution in [0.2, 0.25) is 0 Å². The molecule has 0 aliphatic carbocycles. The van der Waals surface area contributed by atoms with Crippen molar-refractivity contribution in [2.24, 2.45) is 0 Å². The molecular weight excluding hydrogens is 296 g/mol. The van der Waals surface area contributed by atoms with Crippen LogP contribution in [-0.4, -0.2) is 59.8 Å². The first-order chi connectivity index (χ1) is 11.1. The number of amides is 1. The Morgan fingerprint density at radius 3 is 2.13 bits per heavy atom. The molecule has 0 saturated heterocycles. The van der Waals surface area contributed by atoms with E-state index in [4.69, 9.17) is 10.2 Å². The number of carboxylic acid groups (broad SMARTS) is 1. The highest BCUT2D eigenvalue weighted by molar-refractivity contribution is 5.75. The van der Waals surface area contributed by atoms with Crippen molar-refractivity contribution in [1.82, 2.24) is 10.2 Å². The molecule has 0 aromatic rings. The van der Waals surface area contributed by atoms with Crippen LogP contribution in [0.1, 0.15) is 64.7 Å². The van der Waals surface area contributed by atoms with Crippen molar-refractivity contribution in [1.29, 1.82) is 0 Å². The Labute approximate surface area is 140 Å². The normalized spacial score (nSPS) is 10.9. The van der Waals surface area contributed by atoms with Crippen LogP contribution in [0.3, 0.4) is 0 Å². The Kier molecular flexibility index (Phi) is 15.0. The molecule has 0 rings (SSSR count). The van der Waals surface area contributed by atoms with E-state index in [0.29, 0.717) is 26.1 Å². The maximum Gasteiger partial charge on any atom is 0.317 e. The molecule has 0 aromatic carbocycles. The molecule has 0 spiro atoms. The van der Waals surface area contributed by atoms with E-state index in [9.17, 15) is 9.59 Å². The molecule has 0 radical (unpaired) electrons. The Hall–Kier alpha value is -1.14. The van der Waals surface area contributed by atoms with E-state index in [2.05, 4.69) is 12.2 Å². The topological polar surface area (TPSA) is 89.9 Å². The predicted octanol–water partition coefficient (Wildman–Crippen LogP) is 2.01. The molecule has 0 aliphatic heterocycles. The van der Waals surface area contributed by atoms with Gasteiger partial charge in [0, 0.05) is 26.1 Å². The average Bonchev–Trinajstić information content (AvgIpc) is 2.49. The highest BCUT2D eigenvalue weighted by atomic mass is 16.4. The highest BCUT2D eigenvalue weighted by Crippen LogP contribution is 2.09. The summed E-state index contributed by atoms with van der Waals surface area (Å²) in [7, 11) is 0. The van der Waals surface area contributed by atoms with Crippen LogP contribution in [0, 0.1) is 0 Å². The fourth-order valence-electron chi connectivity index (χ4n) is 2.46. The SMILES string of the molecule is CCCCCCCCCCC(=O)NCCN(CCO)CC(=O)O. The third kappa shape index (κ3) is 15.5. The summed E-state index contributed by atoms with van der Waals surface area (Å²) in [5.41, 5.74) is 0. The Balaban J connectivity index is 3.53. The number of rotatable bonds is 16. The molecule has 136 valence electrons. The van der Waals surface area contributed by atoms with Crippen LogP contribution in [0.15, 0.2) is 0 Å². The summed E-state index contributed by atoms with van der Waals surface area (Å²) in [6.45, 7) is 3.18. The lowest BCUT2D eigenvalue weighted by atomic mass is 10.1. The van der Waals surface area contributed by atoms with Gasteiger partial charge in [0.05, 0.1) is 13.2 Å². The van der Waals surface area contributed by atoms with Crippen LogP contribution >= 0.6 is 0 Å². The third-order valence-electron chi connectivity index (χ3n) is 3.78. The van der Waals surface area contributed by atoms with Crippen LogP contribution < -0.4 is 5.32 Å². The number of nitrogens with zero attached hydrogens (tertiary/aromatic N) is 1. The van der Waals surface area contributed by atoms with Crippen molar-refractivity contribution in [3.8, 4) is 0 Å². The molecule has 0 aliphatic rings. The number of aliphatic hydroxyl groups excluding tert-OH is 1. The van der Waals surface area contributed by atoms with Crippen LogP contribution in [0.4, 0.5) is 0 Å². The van der Waals surface area contributed by atoms with E-state index in [1.807, 2.05) is 0 Å². The van der Waals surface area contributed by atoms with E-state index in [1.54, 1.807) is 4.90 Å². The molecule has 6 heteroatoms. The van der Waals surface area contributed by atoms with Crippen molar-refractivity contribution in [2.75, 3.05) is 32.8 Å². The van der Waals surface area contributed by atoms with Crippen molar-refractivity contribution < 1.29 is 19.8 Å². The molecule has 3 N–H and O–H groups in total. The molecule has 6 nitrogen and oxygen atoms in total. The minimum Gasteiger partial charge on any atom is -0.480 e. The van der Waals surface area contributed by atoms with Crippen molar-refractivity contribution in [2.45, 2.75) is 64.7 Å². The number of carbonyl (C=O) groups is 2. The molecule has 0 fully saturated rings. The van der Waals surface area contributed by atoms with Crippen LogP contribution in [0.25, 0.3) is 0 Å². The molecule has 23 heavy (non-hydrogen) atoms. The van der Waals surface area contributed by atoms with Gasteiger partial charge < -0.3 is 15.5 Å². The standard InChI is InChI=1S/C17H34N2O4/c1-2-3-4-5-6-7-8-9-10-16(21)18-11-12-19(13-14-20)15-17(22)23/h20H,2-15H2,1H3,(H,18,21)(H,22,23). The Morgan fingerprint density at radius 2 is 1.57 bits per heavy atom. The molecule has 0 atom stereocenters. The van der Waals surface area contributed by atoms with Gasteiger partial charge in [0.1, 0.15) is 0 Å². The fourth-order valence-corrected chi connectivity index (χ4v) is 2.46. The minimum atomic E-state index is -0.927. The number of hydrogen-bond donors (Lipinski definition) is 3. The van der Waals surface area contributed by atoms with Gasteiger partial charge in [0.15, 0.2) is 0 Å².